The van der Waals surface area contributed by atoms with Crippen molar-refractivity contribution in [1.82, 2.24) is 24.2 Å². The summed E-state index contributed by atoms with van der Waals surface area (Å²) in [4.78, 5) is 13.7. The van der Waals surface area contributed by atoms with E-state index >= 15 is 0 Å². The topological polar surface area (TPSA) is 36.7 Å². The molecule has 3 aromatic heterocycles. The van der Waals surface area contributed by atoms with Crippen LogP contribution in [0.4, 0.5) is 0 Å². The third-order valence-corrected chi connectivity index (χ3v) is 4.75. The highest BCUT2D eigenvalue weighted by atomic mass is 15.3. The van der Waals surface area contributed by atoms with E-state index in [0.717, 1.165) is 44.9 Å². The lowest BCUT2D eigenvalue weighted by Crippen LogP contribution is -2.45. The third kappa shape index (κ3) is 3.32. The molecule has 1 saturated heterocycles. The van der Waals surface area contributed by atoms with Crippen molar-refractivity contribution in [2.24, 2.45) is 0 Å². The summed E-state index contributed by atoms with van der Waals surface area (Å²) >= 11 is 0. The number of nitrogens with zero attached hydrogens (tertiary/aromatic N) is 5. The second-order valence-corrected chi connectivity index (χ2v) is 6.59. The van der Waals surface area contributed by atoms with Gasteiger partial charge in [0.15, 0.2) is 0 Å². The van der Waals surface area contributed by atoms with Crippen LogP contribution in [0.3, 0.4) is 0 Å². The van der Waals surface area contributed by atoms with Crippen LogP contribution in [0.15, 0.2) is 49.1 Å². The molecule has 1 aliphatic rings. The zero-order valence-corrected chi connectivity index (χ0v) is 14.1. The number of imidazole rings is 1. The molecule has 0 saturated carbocycles. The molecule has 5 heteroatoms. The highest BCUT2D eigenvalue weighted by molar-refractivity contribution is 5.42. The van der Waals surface area contributed by atoms with E-state index in [-0.39, 0.29) is 0 Å². The molecular formula is C19H23N5. The number of hydrogen-bond donors (Lipinski definition) is 0. The summed E-state index contributed by atoms with van der Waals surface area (Å²) in [7, 11) is 0. The molecule has 5 nitrogen and oxygen atoms in total. The lowest BCUT2D eigenvalue weighted by atomic mass is 10.2. The van der Waals surface area contributed by atoms with Crippen LogP contribution in [0.1, 0.15) is 16.8 Å². The Labute approximate surface area is 142 Å². The average Bonchev–Trinajstić information content (AvgIpc) is 2.99. The normalized spacial score (nSPS) is 16.7. The van der Waals surface area contributed by atoms with Gasteiger partial charge in [-0.15, -0.1) is 0 Å². The molecule has 0 unspecified atom stereocenters. The number of rotatable bonds is 4. The van der Waals surface area contributed by atoms with Crippen LogP contribution in [0.5, 0.6) is 0 Å². The molecule has 1 aliphatic heterocycles. The largest absolute Gasteiger partial charge is 0.303 e. The lowest BCUT2D eigenvalue weighted by molar-refractivity contribution is 0.121. The fourth-order valence-electron chi connectivity index (χ4n) is 3.33. The summed E-state index contributed by atoms with van der Waals surface area (Å²) in [5.74, 6) is 0. The fourth-order valence-corrected chi connectivity index (χ4v) is 3.33. The first-order valence-corrected chi connectivity index (χ1v) is 8.54. The van der Waals surface area contributed by atoms with Crippen LogP contribution in [0.2, 0.25) is 0 Å². The monoisotopic (exact) mass is 321 g/mol. The van der Waals surface area contributed by atoms with Crippen molar-refractivity contribution in [3.05, 3.63) is 65.9 Å². The van der Waals surface area contributed by atoms with Crippen LogP contribution in [0, 0.1) is 6.92 Å². The Morgan fingerprint density at radius 2 is 1.67 bits per heavy atom. The summed E-state index contributed by atoms with van der Waals surface area (Å²) in [6.45, 7) is 8.51. The molecule has 0 bridgehead atoms. The SMILES string of the molecule is Cc1ccn2c(CN3CCN(Cc4ccncc4)CC3)cnc2c1. The van der Waals surface area contributed by atoms with Crippen molar-refractivity contribution in [3.63, 3.8) is 0 Å². The molecule has 0 radical (unpaired) electrons. The molecule has 0 aliphatic carbocycles. The van der Waals surface area contributed by atoms with E-state index < -0.39 is 0 Å². The van der Waals surface area contributed by atoms with E-state index in [4.69, 9.17) is 0 Å². The van der Waals surface area contributed by atoms with Gasteiger partial charge in [-0.05, 0) is 42.3 Å². The molecule has 24 heavy (non-hydrogen) atoms. The number of aromatic nitrogens is 3. The van der Waals surface area contributed by atoms with E-state index in [1.165, 1.54) is 16.8 Å². The Morgan fingerprint density at radius 1 is 0.958 bits per heavy atom. The van der Waals surface area contributed by atoms with Gasteiger partial charge < -0.3 is 4.40 Å². The highest BCUT2D eigenvalue weighted by Crippen LogP contribution is 2.14. The summed E-state index contributed by atoms with van der Waals surface area (Å²) in [5.41, 5.74) is 4.91. The first-order valence-electron chi connectivity index (χ1n) is 8.54. The predicted molar refractivity (Wildman–Crippen MR) is 94.7 cm³/mol. The van der Waals surface area contributed by atoms with Gasteiger partial charge >= 0.3 is 0 Å². The maximum atomic E-state index is 4.54. The average molecular weight is 321 g/mol. The molecule has 0 amide bonds. The Hall–Kier alpha value is -2.24. The van der Waals surface area contributed by atoms with Crippen molar-refractivity contribution in [2.45, 2.75) is 20.0 Å². The van der Waals surface area contributed by atoms with Crippen LogP contribution < -0.4 is 0 Å². The highest BCUT2D eigenvalue weighted by Gasteiger charge is 2.18. The predicted octanol–water partition coefficient (Wildman–Crippen LogP) is 2.36. The Bertz CT molecular complexity index is 803. The summed E-state index contributed by atoms with van der Waals surface area (Å²) in [5, 5.41) is 0. The number of fused-ring (bicyclic) bond motifs is 1. The molecule has 4 rings (SSSR count). The van der Waals surface area contributed by atoms with Gasteiger partial charge in [-0.25, -0.2) is 4.98 Å². The van der Waals surface area contributed by atoms with Gasteiger partial charge in [0.25, 0.3) is 0 Å². The Balaban J connectivity index is 1.36. The smallest absolute Gasteiger partial charge is 0.137 e. The van der Waals surface area contributed by atoms with E-state index in [1.54, 1.807) is 0 Å². The van der Waals surface area contributed by atoms with Crippen LogP contribution in [-0.2, 0) is 13.1 Å². The first-order chi connectivity index (χ1) is 11.8. The van der Waals surface area contributed by atoms with Gasteiger partial charge in [0, 0.05) is 57.9 Å². The van der Waals surface area contributed by atoms with Crippen LogP contribution >= 0.6 is 0 Å². The van der Waals surface area contributed by atoms with Crippen LogP contribution in [-0.4, -0.2) is 50.3 Å². The summed E-state index contributed by atoms with van der Waals surface area (Å²) in [6.07, 6.45) is 7.89. The van der Waals surface area contributed by atoms with Crippen molar-refractivity contribution in [3.8, 4) is 0 Å². The summed E-state index contributed by atoms with van der Waals surface area (Å²) < 4.78 is 2.20. The number of piperazine rings is 1. The van der Waals surface area contributed by atoms with Gasteiger partial charge in [-0.1, -0.05) is 0 Å². The molecule has 0 N–H and O–H groups in total. The second kappa shape index (κ2) is 6.71. The number of hydrogen-bond acceptors (Lipinski definition) is 4. The van der Waals surface area contributed by atoms with E-state index in [2.05, 4.69) is 61.6 Å². The molecule has 124 valence electrons. The van der Waals surface area contributed by atoms with E-state index in [9.17, 15) is 0 Å². The molecular weight excluding hydrogens is 298 g/mol. The number of aryl methyl sites for hydroxylation is 1. The quantitative estimate of drug-likeness (QED) is 0.739. The molecule has 0 aromatic carbocycles. The van der Waals surface area contributed by atoms with E-state index in [1.807, 2.05) is 18.6 Å². The Morgan fingerprint density at radius 3 is 2.42 bits per heavy atom. The van der Waals surface area contributed by atoms with Crippen LogP contribution in [0.25, 0.3) is 5.65 Å². The molecule has 0 atom stereocenters. The third-order valence-electron chi connectivity index (χ3n) is 4.75. The minimum absolute atomic E-state index is 0.966. The fraction of sp³-hybridized carbons (Fsp3) is 0.368. The minimum atomic E-state index is 0.966. The Kier molecular flexibility index (Phi) is 4.28. The first kappa shape index (κ1) is 15.3. The van der Waals surface area contributed by atoms with Gasteiger partial charge in [-0.3, -0.25) is 14.8 Å². The van der Waals surface area contributed by atoms with Gasteiger partial charge in [0.2, 0.25) is 0 Å². The van der Waals surface area contributed by atoms with E-state index in [0.29, 0.717) is 0 Å². The lowest BCUT2D eigenvalue weighted by Gasteiger charge is -2.34. The van der Waals surface area contributed by atoms with Gasteiger partial charge in [0.1, 0.15) is 5.65 Å². The van der Waals surface area contributed by atoms with Crippen molar-refractivity contribution in [1.29, 1.82) is 0 Å². The van der Waals surface area contributed by atoms with Crippen molar-refractivity contribution < 1.29 is 0 Å². The molecule has 4 heterocycles. The van der Waals surface area contributed by atoms with Gasteiger partial charge in [0.05, 0.1) is 11.9 Å². The van der Waals surface area contributed by atoms with Crippen molar-refractivity contribution >= 4 is 5.65 Å². The summed E-state index contributed by atoms with van der Waals surface area (Å²) in [6, 6.07) is 8.49. The zero-order valence-electron chi connectivity index (χ0n) is 14.1. The maximum absolute atomic E-state index is 4.54. The zero-order chi connectivity index (χ0) is 16.4. The molecule has 1 fully saturated rings. The number of pyridine rings is 2. The standard InChI is InChI=1S/C19H23N5/c1-16-4-7-24-18(13-21-19(24)12-16)15-23-10-8-22(9-11-23)14-17-2-5-20-6-3-17/h2-7,12-13H,8-11,14-15H2,1H3. The second-order valence-electron chi connectivity index (χ2n) is 6.59. The minimum Gasteiger partial charge on any atom is -0.303 e. The molecule has 3 aromatic rings. The van der Waals surface area contributed by atoms with Gasteiger partial charge in [-0.2, -0.15) is 0 Å². The van der Waals surface area contributed by atoms with Crippen molar-refractivity contribution in [2.75, 3.05) is 26.2 Å². The molecule has 0 spiro atoms. The maximum Gasteiger partial charge on any atom is 0.137 e.